The number of esters is 1. The second-order valence-electron chi connectivity index (χ2n) is 7.01. The van der Waals surface area contributed by atoms with Crippen LogP contribution in [-0.2, 0) is 16.1 Å². The monoisotopic (exact) mass is 449 g/mol. The van der Waals surface area contributed by atoms with Crippen molar-refractivity contribution in [1.29, 1.82) is 0 Å². The van der Waals surface area contributed by atoms with Crippen LogP contribution in [0.2, 0.25) is 5.02 Å². The number of nitrogens with one attached hydrogen (secondary N) is 2. The molecule has 4 rings (SSSR count). The third kappa shape index (κ3) is 5.25. The maximum absolute atomic E-state index is 13.2. The summed E-state index contributed by atoms with van der Waals surface area (Å²) in [4.78, 5) is 29.6. The first-order valence-corrected chi connectivity index (χ1v) is 10.3. The lowest BCUT2D eigenvalue weighted by Gasteiger charge is -2.29. The molecule has 0 bridgehead atoms. The van der Waals surface area contributed by atoms with Gasteiger partial charge >= 0.3 is 12.0 Å². The molecule has 0 spiro atoms. The number of ether oxygens (including phenoxy) is 2. The van der Waals surface area contributed by atoms with E-state index in [1.165, 1.54) is 0 Å². The molecular weight excluding hydrogens is 430 g/mol. The van der Waals surface area contributed by atoms with Crippen molar-refractivity contribution < 1.29 is 19.1 Å². The van der Waals surface area contributed by atoms with E-state index in [9.17, 15) is 9.59 Å². The van der Waals surface area contributed by atoms with E-state index in [2.05, 4.69) is 15.6 Å². The van der Waals surface area contributed by atoms with Crippen molar-refractivity contribution in [3.8, 4) is 5.75 Å². The number of benzene rings is 2. The number of halogens is 1. The summed E-state index contributed by atoms with van der Waals surface area (Å²) in [6.07, 6.45) is 3.19. The van der Waals surface area contributed by atoms with Gasteiger partial charge in [0.15, 0.2) is 0 Å². The summed E-state index contributed by atoms with van der Waals surface area (Å²) >= 11 is 6.02. The van der Waals surface area contributed by atoms with Crippen LogP contribution < -0.4 is 15.4 Å². The number of hydrogen-bond acceptors (Lipinski definition) is 5. The highest BCUT2D eigenvalue weighted by Crippen LogP contribution is 2.28. The molecular formula is C24H20ClN3O4. The summed E-state index contributed by atoms with van der Waals surface area (Å²) in [5.41, 5.74) is 2.12. The molecule has 0 aliphatic carbocycles. The van der Waals surface area contributed by atoms with Gasteiger partial charge in [0, 0.05) is 17.4 Å². The first-order valence-electron chi connectivity index (χ1n) is 9.90. The number of pyridine rings is 1. The standard InChI is InChI=1S/C24H20ClN3O4/c25-18-7-4-8-19(13-18)31-15-20-21(23(29)32-14-16-5-2-1-3-6-16)22(28-24(30)27-20)17-9-11-26-12-10-17/h1-13,22H,14-15H2,(H2,27,28,30). The fraction of sp³-hybridized carbons (Fsp3) is 0.125. The summed E-state index contributed by atoms with van der Waals surface area (Å²) in [6, 6.07) is 18.5. The molecule has 1 aromatic heterocycles. The smallest absolute Gasteiger partial charge is 0.338 e. The number of hydrogen-bond donors (Lipinski definition) is 2. The van der Waals surface area contributed by atoms with Gasteiger partial charge in [-0.1, -0.05) is 48.0 Å². The first-order chi connectivity index (χ1) is 15.6. The van der Waals surface area contributed by atoms with Gasteiger partial charge in [0.25, 0.3) is 0 Å². The number of rotatable bonds is 7. The Labute approximate surface area is 190 Å². The number of carbonyl (C=O) groups excluding carboxylic acids is 2. The lowest BCUT2D eigenvalue weighted by Crippen LogP contribution is -2.47. The quantitative estimate of drug-likeness (QED) is 0.528. The molecule has 1 aliphatic heterocycles. The van der Waals surface area contributed by atoms with Gasteiger partial charge in [0.2, 0.25) is 0 Å². The van der Waals surface area contributed by atoms with Crippen LogP contribution >= 0.6 is 11.6 Å². The highest BCUT2D eigenvalue weighted by atomic mass is 35.5. The van der Waals surface area contributed by atoms with Crippen LogP contribution in [0.15, 0.2) is 90.4 Å². The Morgan fingerprint density at radius 1 is 1.00 bits per heavy atom. The van der Waals surface area contributed by atoms with Crippen molar-refractivity contribution in [3.05, 3.63) is 107 Å². The number of carbonyl (C=O) groups is 2. The minimum Gasteiger partial charge on any atom is -0.487 e. The SMILES string of the molecule is O=C1NC(COc2cccc(Cl)c2)=C(C(=O)OCc2ccccc2)C(c2ccncc2)N1. The largest absolute Gasteiger partial charge is 0.487 e. The van der Waals surface area contributed by atoms with Crippen LogP contribution in [0.1, 0.15) is 17.2 Å². The highest BCUT2D eigenvalue weighted by Gasteiger charge is 2.34. The van der Waals surface area contributed by atoms with Crippen molar-refractivity contribution in [2.75, 3.05) is 6.61 Å². The normalized spacial score (nSPS) is 15.5. The molecule has 2 heterocycles. The van der Waals surface area contributed by atoms with E-state index in [4.69, 9.17) is 21.1 Å². The minimum absolute atomic E-state index is 0.0505. The Kier molecular flexibility index (Phi) is 6.67. The molecule has 1 atom stereocenters. The molecule has 7 nitrogen and oxygen atoms in total. The first kappa shape index (κ1) is 21.4. The average Bonchev–Trinajstić information content (AvgIpc) is 2.82. The van der Waals surface area contributed by atoms with E-state index in [1.807, 2.05) is 30.3 Å². The zero-order valence-electron chi connectivity index (χ0n) is 17.0. The molecule has 2 amide bonds. The molecule has 0 fully saturated rings. The molecule has 8 heteroatoms. The molecule has 32 heavy (non-hydrogen) atoms. The van der Waals surface area contributed by atoms with Gasteiger partial charge < -0.3 is 20.1 Å². The Hall–Kier alpha value is -3.84. The number of aromatic nitrogens is 1. The molecule has 1 aliphatic rings. The van der Waals surface area contributed by atoms with Gasteiger partial charge in [-0.2, -0.15) is 0 Å². The van der Waals surface area contributed by atoms with Crippen LogP contribution in [0.5, 0.6) is 5.75 Å². The van der Waals surface area contributed by atoms with Crippen LogP contribution in [0, 0.1) is 0 Å². The van der Waals surface area contributed by atoms with Gasteiger partial charge in [0.1, 0.15) is 19.0 Å². The second kappa shape index (κ2) is 9.98. The average molecular weight is 450 g/mol. The van der Waals surface area contributed by atoms with E-state index in [0.29, 0.717) is 22.0 Å². The van der Waals surface area contributed by atoms with Gasteiger partial charge in [-0.25, -0.2) is 9.59 Å². The molecule has 0 saturated heterocycles. The molecule has 2 N–H and O–H groups in total. The van der Waals surface area contributed by atoms with Crippen molar-refractivity contribution in [2.45, 2.75) is 12.6 Å². The van der Waals surface area contributed by atoms with Crippen molar-refractivity contribution in [1.82, 2.24) is 15.6 Å². The van der Waals surface area contributed by atoms with Gasteiger partial charge in [-0.15, -0.1) is 0 Å². The fourth-order valence-corrected chi connectivity index (χ4v) is 3.47. The van der Waals surface area contributed by atoms with Crippen LogP contribution in [-0.4, -0.2) is 23.6 Å². The summed E-state index contributed by atoms with van der Waals surface area (Å²) < 4.78 is 11.4. The lowest BCUT2D eigenvalue weighted by molar-refractivity contribution is -0.140. The van der Waals surface area contributed by atoms with Gasteiger partial charge in [-0.3, -0.25) is 4.98 Å². The minimum atomic E-state index is -0.715. The van der Waals surface area contributed by atoms with Crippen molar-refractivity contribution in [3.63, 3.8) is 0 Å². The zero-order chi connectivity index (χ0) is 22.3. The predicted octanol–water partition coefficient (Wildman–Crippen LogP) is 4.17. The fourth-order valence-electron chi connectivity index (χ4n) is 3.29. The van der Waals surface area contributed by atoms with E-state index in [1.54, 1.807) is 48.8 Å². The Bertz CT molecular complexity index is 1140. The molecule has 1 unspecified atom stereocenters. The predicted molar refractivity (Wildman–Crippen MR) is 119 cm³/mol. The van der Waals surface area contributed by atoms with Crippen LogP contribution in [0.3, 0.4) is 0 Å². The van der Waals surface area contributed by atoms with Crippen molar-refractivity contribution >= 4 is 23.6 Å². The van der Waals surface area contributed by atoms with Gasteiger partial charge in [0.05, 0.1) is 17.3 Å². The number of nitrogens with zero attached hydrogens (tertiary/aromatic N) is 1. The van der Waals surface area contributed by atoms with Crippen molar-refractivity contribution in [2.24, 2.45) is 0 Å². The maximum atomic E-state index is 13.2. The third-order valence-corrected chi connectivity index (χ3v) is 5.04. The molecule has 162 valence electrons. The number of urea groups is 1. The van der Waals surface area contributed by atoms with E-state index in [-0.39, 0.29) is 18.8 Å². The number of amides is 2. The molecule has 2 aromatic carbocycles. The Balaban J connectivity index is 1.64. The highest BCUT2D eigenvalue weighted by molar-refractivity contribution is 6.30. The summed E-state index contributed by atoms with van der Waals surface area (Å²) in [5.74, 6) is -0.0527. The Morgan fingerprint density at radius 3 is 2.53 bits per heavy atom. The molecule has 0 radical (unpaired) electrons. The maximum Gasteiger partial charge on any atom is 0.338 e. The summed E-state index contributed by atoms with van der Waals surface area (Å²) in [5, 5.41) is 5.99. The zero-order valence-corrected chi connectivity index (χ0v) is 17.7. The van der Waals surface area contributed by atoms with Crippen LogP contribution in [0.25, 0.3) is 0 Å². The lowest BCUT2D eigenvalue weighted by atomic mass is 9.96. The van der Waals surface area contributed by atoms with Crippen LogP contribution in [0.4, 0.5) is 4.79 Å². The molecule has 3 aromatic rings. The van der Waals surface area contributed by atoms with E-state index >= 15 is 0 Å². The molecule has 0 saturated carbocycles. The van der Waals surface area contributed by atoms with Gasteiger partial charge in [-0.05, 0) is 41.5 Å². The second-order valence-corrected chi connectivity index (χ2v) is 7.45. The Morgan fingerprint density at radius 2 is 1.78 bits per heavy atom. The third-order valence-electron chi connectivity index (χ3n) is 4.81. The van der Waals surface area contributed by atoms with E-state index < -0.39 is 18.0 Å². The topological polar surface area (TPSA) is 89.5 Å². The summed E-state index contributed by atoms with van der Waals surface area (Å²) in [7, 11) is 0. The summed E-state index contributed by atoms with van der Waals surface area (Å²) in [6.45, 7) is 0.0493. The van der Waals surface area contributed by atoms with E-state index in [0.717, 1.165) is 5.56 Å².